The summed E-state index contributed by atoms with van der Waals surface area (Å²) in [7, 11) is 0. The van der Waals surface area contributed by atoms with E-state index in [1.54, 1.807) is 0 Å². The predicted octanol–water partition coefficient (Wildman–Crippen LogP) is 3.76. The van der Waals surface area contributed by atoms with Crippen molar-refractivity contribution >= 4 is 28.7 Å². The van der Waals surface area contributed by atoms with E-state index < -0.39 is 0 Å². The number of Topliss-reactive ketones (excluding diaryl/α,β-unsaturated/α-hetero) is 1. The Hall–Kier alpha value is -1.12. The van der Waals surface area contributed by atoms with Crippen molar-refractivity contribution in [2.75, 3.05) is 0 Å². The van der Waals surface area contributed by atoms with Crippen LogP contribution in [0.3, 0.4) is 0 Å². The smallest absolute Gasteiger partial charge is 0.142 e. The third kappa shape index (κ3) is 3.19. The highest BCUT2D eigenvalue weighted by atomic mass is 35.5. The van der Waals surface area contributed by atoms with Gasteiger partial charge in [0.1, 0.15) is 5.78 Å². The molecule has 1 aromatic carbocycles. The van der Waals surface area contributed by atoms with E-state index in [9.17, 15) is 4.79 Å². The molecule has 82 valence electrons. The highest BCUT2D eigenvalue weighted by molar-refractivity contribution is 7.16. The van der Waals surface area contributed by atoms with Gasteiger partial charge in [0.05, 0.1) is 4.34 Å². The van der Waals surface area contributed by atoms with Gasteiger partial charge in [-0.3, -0.25) is 4.79 Å². The maximum atomic E-state index is 11.8. The topological polar surface area (TPSA) is 17.1 Å². The third-order valence-electron chi connectivity index (χ3n) is 2.24. The van der Waals surface area contributed by atoms with E-state index in [0.29, 0.717) is 12.8 Å². The maximum Gasteiger partial charge on any atom is 0.142 e. The van der Waals surface area contributed by atoms with Crippen LogP contribution in [-0.2, 0) is 17.6 Å². The maximum absolute atomic E-state index is 11.8. The molecule has 0 saturated heterocycles. The lowest BCUT2D eigenvalue weighted by Crippen LogP contribution is -2.05. The monoisotopic (exact) mass is 250 g/mol. The molecule has 0 atom stereocenters. The van der Waals surface area contributed by atoms with Crippen molar-refractivity contribution < 1.29 is 4.79 Å². The van der Waals surface area contributed by atoms with Crippen LogP contribution in [-0.4, -0.2) is 5.78 Å². The molecule has 2 rings (SSSR count). The second-order valence-corrected chi connectivity index (χ2v) is 5.38. The van der Waals surface area contributed by atoms with Crippen LogP contribution < -0.4 is 0 Å². The SMILES string of the molecule is O=C(Cc1ccccc1)Cc1ccc(Cl)s1. The van der Waals surface area contributed by atoms with Crippen LogP contribution >= 0.6 is 22.9 Å². The van der Waals surface area contributed by atoms with E-state index in [-0.39, 0.29) is 5.78 Å². The first-order valence-electron chi connectivity index (χ1n) is 5.04. The van der Waals surface area contributed by atoms with Gasteiger partial charge in [-0.25, -0.2) is 0 Å². The summed E-state index contributed by atoms with van der Waals surface area (Å²) < 4.78 is 0.738. The number of hydrogen-bond donors (Lipinski definition) is 0. The van der Waals surface area contributed by atoms with E-state index in [2.05, 4.69) is 0 Å². The molecule has 16 heavy (non-hydrogen) atoms. The fourth-order valence-corrected chi connectivity index (χ4v) is 2.64. The van der Waals surface area contributed by atoms with Crippen LogP contribution in [0.4, 0.5) is 0 Å². The van der Waals surface area contributed by atoms with Crippen molar-refractivity contribution in [1.82, 2.24) is 0 Å². The minimum absolute atomic E-state index is 0.227. The van der Waals surface area contributed by atoms with Gasteiger partial charge in [0.2, 0.25) is 0 Å². The van der Waals surface area contributed by atoms with Crippen molar-refractivity contribution in [2.45, 2.75) is 12.8 Å². The quantitative estimate of drug-likeness (QED) is 0.808. The molecule has 1 heterocycles. The van der Waals surface area contributed by atoms with E-state index in [0.717, 1.165) is 14.8 Å². The van der Waals surface area contributed by atoms with Gasteiger partial charge in [-0.1, -0.05) is 41.9 Å². The summed E-state index contributed by atoms with van der Waals surface area (Å²) in [6.45, 7) is 0. The van der Waals surface area contributed by atoms with Crippen LogP contribution in [0.25, 0.3) is 0 Å². The first kappa shape index (κ1) is 11.4. The molecular formula is C13H11ClOS. The summed E-state index contributed by atoms with van der Waals surface area (Å²) >= 11 is 7.28. The molecular weight excluding hydrogens is 240 g/mol. The molecule has 0 saturated carbocycles. The lowest BCUT2D eigenvalue weighted by Gasteiger charge is -1.99. The summed E-state index contributed by atoms with van der Waals surface area (Å²) in [5, 5.41) is 0. The van der Waals surface area contributed by atoms with Crippen molar-refractivity contribution in [3.05, 3.63) is 57.2 Å². The summed E-state index contributed by atoms with van der Waals surface area (Å²) in [5.74, 6) is 0.227. The van der Waals surface area contributed by atoms with E-state index in [1.165, 1.54) is 11.3 Å². The number of carbonyl (C=O) groups excluding carboxylic acids is 1. The molecule has 1 aromatic heterocycles. The van der Waals surface area contributed by atoms with Gasteiger partial charge in [0, 0.05) is 17.7 Å². The third-order valence-corrected chi connectivity index (χ3v) is 3.48. The Morgan fingerprint density at radius 1 is 1.06 bits per heavy atom. The largest absolute Gasteiger partial charge is 0.299 e. The number of rotatable bonds is 4. The molecule has 0 radical (unpaired) electrons. The summed E-state index contributed by atoms with van der Waals surface area (Å²) in [5.41, 5.74) is 1.06. The highest BCUT2D eigenvalue weighted by Crippen LogP contribution is 2.22. The molecule has 0 aliphatic carbocycles. The van der Waals surface area contributed by atoms with Gasteiger partial charge in [-0.2, -0.15) is 0 Å². The number of benzene rings is 1. The highest BCUT2D eigenvalue weighted by Gasteiger charge is 2.06. The average molecular weight is 251 g/mol. The number of halogens is 1. The Labute approximate surface area is 104 Å². The van der Waals surface area contributed by atoms with Gasteiger partial charge in [-0.15, -0.1) is 11.3 Å². The molecule has 1 nitrogen and oxygen atoms in total. The van der Waals surface area contributed by atoms with Gasteiger partial charge >= 0.3 is 0 Å². The fraction of sp³-hybridized carbons (Fsp3) is 0.154. The normalized spacial score (nSPS) is 10.3. The van der Waals surface area contributed by atoms with Crippen LogP contribution in [0.1, 0.15) is 10.4 Å². The zero-order chi connectivity index (χ0) is 11.4. The second kappa shape index (κ2) is 5.28. The molecule has 0 N–H and O–H groups in total. The van der Waals surface area contributed by atoms with Gasteiger partial charge < -0.3 is 0 Å². The number of ketones is 1. The molecule has 0 amide bonds. The summed E-state index contributed by atoms with van der Waals surface area (Å²) in [4.78, 5) is 12.8. The molecule has 0 unspecified atom stereocenters. The zero-order valence-electron chi connectivity index (χ0n) is 8.65. The van der Waals surface area contributed by atoms with Gasteiger partial charge in [0.25, 0.3) is 0 Å². The van der Waals surface area contributed by atoms with Crippen LogP contribution in [0.2, 0.25) is 4.34 Å². The Morgan fingerprint density at radius 2 is 1.81 bits per heavy atom. The Balaban J connectivity index is 1.95. The van der Waals surface area contributed by atoms with E-state index in [4.69, 9.17) is 11.6 Å². The minimum Gasteiger partial charge on any atom is -0.299 e. The molecule has 0 bridgehead atoms. The summed E-state index contributed by atoms with van der Waals surface area (Å²) in [6, 6.07) is 13.5. The van der Waals surface area contributed by atoms with Crippen molar-refractivity contribution in [1.29, 1.82) is 0 Å². The molecule has 0 spiro atoms. The Kier molecular flexibility index (Phi) is 3.75. The first-order chi connectivity index (χ1) is 7.74. The van der Waals surface area contributed by atoms with Crippen LogP contribution in [0.15, 0.2) is 42.5 Å². The molecule has 3 heteroatoms. The zero-order valence-corrected chi connectivity index (χ0v) is 10.2. The van der Waals surface area contributed by atoms with Crippen molar-refractivity contribution in [3.8, 4) is 0 Å². The minimum atomic E-state index is 0.227. The van der Waals surface area contributed by atoms with Crippen molar-refractivity contribution in [3.63, 3.8) is 0 Å². The molecule has 0 aliphatic heterocycles. The fourth-order valence-electron chi connectivity index (χ4n) is 1.53. The van der Waals surface area contributed by atoms with Gasteiger partial charge in [-0.05, 0) is 17.7 Å². The summed E-state index contributed by atoms with van der Waals surface area (Å²) in [6.07, 6.45) is 0.975. The standard InChI is InChI=1S/C13H11ClOS/c14-13-7-6-12(16-13)9-11(15)8-10-4-2-1-3-5-10/h1-7H,8-9H2. The molecule has 0 aliphatic rings. The Bertz CT molecular complexity index is 476. The van der Waals surface area contributed by atoms with Crippen molar-refractivity contribution in [2.24, 2.45) is 0 Å². The predicted molar refractivity (Wildman–Crippen MR) is 68.2 cm³/mol. The van der Waals surface area contributed by atoms with Crippen LogP contribution in [0.5, 0.6) is 0 Å². The van der Waals surface area contributed by atoms with Gasteiger partial charge in [0.15, 0.2) is 0 Å². The lowest BCUT2D eigenvalue weighted by molar-refractivity contribution is -0.117. The van der Waals surface area contributed by atoms with E-state index in [1.807, 2.05) is 42.5 Å². The number of hydrogen-bond acceptors (Lipinski definition) is 2. The lowest BCUT2D eigenvalue weighted by atomic mass is 10.1. The molecule has 2 aromatic rings. The van der Waals surface area contributed by atoms with Crippen LogP contribution in [0, 0.1) is 0 Å². The Morgan fingerprint density at radius 3 is 2.44 bits per heavy atom. The first-order valence-corrected chi connectivity index (χ1v) is 6.23. The molecule has 0 fully saturated rings. The number of carbonyl (C=O) groups is 1. The average Bonchev–Trinajstić information content (AvgIpc) is 2.65. The number of thiophene rings is 1. The van der Waals surface area contributed by atoms with E-state index >= 15 is 0 Å². The second-order valence-electron chi connectivity index (χ2n) is 3.58.